The molecule has 0 saturated heterocycles. The number of aromatic nitrogens is 3. The first-order valence-corrected chi connectivity index (χ1v) is 11.1. The quantitative estimate of drug-likeness (QED) is 0.271. The second-order valence-electron chi connectivity index (χ2n) is 8.36. The first-order valence-electron chi connectivity index (χ1n) is 11.1. The normalized spacial score (nSPS) is 12.0. The average Bonchev–Trinajstić information content (AvgIpc) is 3.44. The number of hydrogen-bond acceptors (Lipinski definition) is 1. The molecule has 4 aromatic carbocycles. The third-order valence-electron chi connectivity index (χ3n) is 6.75. The van der Waals surface area contributed by atoms with E-state index in [-0.39, 0.29) is 0 Å². The predicted molar refractivity (Wildman–Crippen MR) is 134 cm³/mol. The van der Waals surface area contributed by atoms with Crippen LogP contribution in [0.3, 0.4) is 0 Å². The molecule has 3 heteroatoms. The van der Waals surface area contributed by atoms with E-state index in [0.717, 1.165) is 17.9 Å². The molecule has 0 radical (unpaired) electrons. The second-order valence-corrected chi connectivity index (χ2v) is 8.36. The SMILES string of the molecule is CCn1c2ccccc2c2cc(-c3cnc4c5ccccc5c5ccccc5n34)ccc21. The zero-order valence-electron chi connectivity index (χ0n) is 17.8. The molecule has 7 aromatic rings. The van der Waals surface area contributed by atoms with E-state index in [1.165, 1.54) is 49.0 Å². The van der Waals surface area contributed by atoms with Crippen LogP contribution in [0.1, 0.15) is 6.92 Å². The monoisotopic (exact) mass is 411 g/mol. The summed E-state index contributed by atoms with van der Waals surface area (Å²) in [4.78, 5) is 4.89. The lowest BCUT2D eigenvalue weighted by atomic mass is 10.0. The first kappa shape index (κ1) is 17.6. The number of para-hydroxylation sites is 2. The molecule has 0 saturated carbocycles. The van der Waals surface area contributed by atoms with Crippen molar-refractivity contribution in [2.45, 2.75) is 13.5 Å². The molecule has 3 aromatic heterocycles. The zero-order chi connectivity index (χ0) is 21.2. The Morgan fingerprint density at radius 2 is 1.25 bits per heavy atom. The molecule has 3 nitrogen and oxygen atoms in total. The van der Waals surface area contributed by atoms with Crippen molar-refractivity contribution < 1.29 is 0 Å². The Kier molecular flexibility index (Phi) is 3.54. The van der Waals surface area contributed by atoms with Crippen molar-refractivity contribution in [3.05, 3.63) is 97.2 Å². The van der Waals surface area contributed by atoms with Gasteiger partial charge in [-0.1, -0.05) is 66.7 Å². The van der Waals surface area contributed by atoms with E-state index in [9.17, 15) is 0 Å². The molecule has 0 bridgehead atoms. The Balaban J connectivity index is 1.61. The summed E-state index contributed by atoms with van der Waals surface area (Å²) in [5, 5.41) is 6.27. The molecule has 0 spiro atoms. The first-order chi connectivity index (χ1) is 15.8. The Morgan fingerprint density at radius 1 is 0.625 bits per heavy atom. The van der Waals surface area contributed by atoms with Crippen LogP contribution in [0, 0.1) is 0 Å². The van der Waals surface area contributed by atoms with Gasteiger partial charge >= 0.3 is 0 Å². The number of benzene rings is 4. The molecule has 0 aliphatic heterocycles. The zero-order valence-corrected chi connectivity index (χ0v) is 17.8. The third-order valence-corrected chi connectivity index (χ3v) is 6.75. The molecule has 0 N–H and O–H groups in total. The molecule has 0 aliphatic carbocycles. The topological polar surface area (TPSA) is 22.2 Å². The smallest absolute Gasteiger partial charge is 0.145 e. The number of aryl methyl sites for hydroxylation is 1. The Morgan fingerprint density at radius 3 is 2.03 bits per heavy atom. The van der Waals surface area contributed by atoms with Crippen LogP contribution in [0.4, 0.5) is 0 Å². The molecule has 7 rings (SSSR count). The van der Waals surface area contributed by atoms with E-state index < -0.39 is 0 Å². The van der Waals surface area contributed by atoms with Gasteiger partial charge in [0, 0.05) is 44.7 Å². The van der Waals surface area contributed by atoms with Crippen molar-refractivity contribution in [2.75, 3.05) is 0 Å². The molecule has 152 valence electrons. The van der Waals surface area contributed by atoms with Gasteiger partial charge in [0.15, 0.2) is 0 Å². The lowest BCUT2D eigenvalue weighted by Crippen LogP contribution is -1.94. The maximum absolute atomic E-state index is 4.89. The van der Waals surface area contributed by atoms with Gasteiger partial charge in [0.2, 0.25) is 0 Å². The van der Waals surface area contributed by atoms with Gasteiger partial charge in [-0.15, -0.1) is 0 Å². The minimum atomic E-state index is 0.954. The third kappa shape index (κ3) is 2.23. The fourth-order valence-corrected chi connectivity index (χ4v) is 5.35. The summed E-state index contributed by atoms with van der Waals surface area (Å²) >= 11 is 0. The summed E-state index contributed by atoms with van der Waals surface area (Å²) < 4.78 is 4.71. The number of rotatable bonds is 2. The van der Waals surface area contributed by atoms with Crippen LogP contribution >= 0.6 is 0 Å². The van der Waals surface area contributed by atoms with Crippen molar-refractivity contribution >= 4 is 49.1 Å². The lowest BCUT2D eigenvalue weighted by molar-refractivity contribution is 0.827. The van der Waals surface area contributed by atoms with E-state index in [1.807, 2.05) is 6.20 Å². The molecular weight excluding hydrogens is 390 g/mol. The minimum absolute atomic E-state index is 0.954. The van der Waals surface area contributed by atoms with Gasteiger partial charge in [-0.2, -0.15) is 0 Å². The predicted octanol–water partition coefficient (Wildman–Crippen LogP) is 7.44. The molecule has 3 heterocycles. The van der Waals surface area contributed by atoms with Gasteiger partial charge in [-0.05, 0) is 36.6 Å². The summed E-state index contributed by atoms with van der Waals surface area (Å²) in [5.74, 6) is 0. The second kappa shape index (κ2) is 6.44. The molecule has 0 fully saturated rings. The number of pyridine rings is 1. The summed E-state index contributed by atoms with van der Waals surface area (Å²) in [5.41, 5.74) is 7.06. The standard InChI is InChI=1S/C29H21N3/c1-2-31-25-13-7-5-11-22(25)24-17-19(15-16-26(24)31)28-18-30-29-23-12-4-3-9-20(23)21-10-6-8-14-27(21)32(28)29/h3-18H,2H2,1H3. The molecule has 0 atom stereocenters. The highest BCUT2D eigenvalue weighted by Crippen LogP contribution is 2.36. The summed E-state index contributed by atoms with van der Waals surface area (Å²) in [7, 11) is 0. The summed E-state index contributed by atoms with van der Waals surface area (Å²) in [6.07, 6.45) is 2.02. The van der Waals surface area contributed by atoms with Crippen LogP contribution in [-0.4, -0.2) is 14.0 Å². The van der Waals surface area contributed by atoms with Crippen molar-refractivity contribution in [1.29, 1.82) is 0 Å². The maximum Gasteiger partial charge on any atom is 0.145 e. The van der Waals surface area contributed by atoms with Crippen molar-refractivity contribution in [2.24, 2.45) is 0 Å². The summed E-state index contributed by atoms with van der Waals surface area (Å²) in [6, 6.07) is 32.7. The fraction of sp³-hybridized carbons (Fsp3) is 0.0690. The molecular formula is C29H21N3. The Bertz CT molecular complexity index is 1820. The van der Waals surface area contributed by atoms with E-state index in [2.05, 4.69) is 107 Å². The number of nitrogens with zero attached hydrogens (tertiary/aromatic N) is 3. The molecule has 0 unspecified atom stereocenters. The van der Waals surface area contributed by atoms with E-state index >= 15 is 0 Å². The summed E-state index contributed by atoms with van der Waals surface area (Å²) in [6.45, 7) is 3.16. The van der Waals surface area contributed by atoms with Crippen LogP contribution in [0.5, 0.6) is 0 Å². The van der Waals surface area contributed by atoms with Gasteiger partial charge < -0.3 is 4.57 Å². The van der Waals surface area contributed by atoms with Crippen LogP contribution < -0.4 is 0 Å². The van der Waals surface area contributed by atoms with Crippen molar-refractivity contribution in [1.82, 2.24) is 14.0 Å². The van der Waals surface area contributed by atoms with Crippen molar-refractivity contribution in [3.63, 3.8) is 0 Å². The Labute approximate surface area is 185 Å². The number of fused-ring (bicyclic) bond motifs is 9. The average molecular weight is 412 g/mol. The molecule has 32 heavy (non-hydrogen) atoms. The molecule has 0 amide bonds. The highest BCUT2D eigenvalue weighted by molar-refractivity contribution is 6.13. The van der Waals surface area contributed by atoms with Crippen LogP contribution in [0.15, 0.2) is 97.2 Å². The highest BCUT2D eigenvalue weighted by atomic mass is 15.0. The van der Waals surface area contributed by atoms with Crippen LogP contribution in [0.25, 0.3) is 60.4 Å². The largest absolute Gasteiger partial charge is 0.341 e. The van der Waals surface area contributed by atoms with E-state index in [1.54, 1.807) is 0 Å². The Hall–Kier alpha value is -4.11. The van der Waals surface area contributed by atoms with Crippen LogP contribution in [0.2, 0.25) is 0 Å². The number of hydrogen-bond donors (Lipinski definition) is 0. The number of imidazole rings is 1. The van der Waals surface area contributed by atoms with Gasteiger partial charge in [0.05, 0.1) is 17.4 Å². The molecule has 0 aliphatic rings. The highest BCUT2D eigenvalue weighted by Gasteiger charge is 2.16. The lowest BCUT2D eigenvalue weighted by Gasteiger charge is -2.11. The minimum Gasteiger partial charge on any atom is -0.341 e. The van der Waals surface area contributed by atoms with Gasteiger partial charge in [-0.3, -0.25) is 4.40 Å². The fourth-order valence-electron chi connectivity index (χ4n) is 5.35. The van der Waals surface area contributed by atoms with Gasteiger partial charge in [0.1, 0.15) is 5.65 Å². The van der Waals surface area contributed by atoms with Gasteiger partial charge in [-0.25, -0.2) is 4.98 Å². The van der Waals surface area contributed by atoms with Crippen LogP contribution in [-0.2, 0) is 6.54 Å². The van der Waals surface area contributed by atoms with E-state index in [0.29, 0.717) is 0 Å². The van der Waals surface area contributed by atoms with E-state index in [4.69, 9.17) is 4.98 Å². The van der Waals surface area contributed by atoms with Crippen molar-refractivity contribution in [3.8, 4) is 11.3 Å². The van der Waals surface area contributed by atoms with Gasteiger partial charge in [0.25, 0.3) is 0 Å². The maximum atomic E-state index is 4.89.